The molecule has 21 heavy (non-hydrogen) atoms. The number of carbonyl (C=O) groups excluding carboxylic acids is 1. The molecular formula is C14H19ClN2O4. The molecule has 0 aliphatic rings. The van der Waals surface area contributed by atoms with Crippen molar-refractivity contribution in [1.82, 2.24) is 4.98 Å². The van der Waals surface area contributed by atoms with Gasteiger partial charge in [0, 0.05) is 6.54 Å². The van der Waals surface area contributed by atoms with Crippen molar-refractivity contribution in [2.24, 2.45) is 0 Å². The molecule has 0 radical (unpaired) electrons. The summed E-state index contributed by atoms with van der Waals surface area (Å²) in [5.41, 5.74) is -0.688. The molecule has 0 saturated heterocycles. The molecule has 1 N–H and O–H groups in total. The zero-order valence-corrected chi connectivity index (χ0v) is 13.3. The molecule has 0 unspecified atom stereocenters. The second-order valence-electron chi connectivity index (χ2n) is 5.47. The molecule has 1 heterocycles. The van der Waals surface area contributed by atoms with Crippen LogP contribution in [0.2, 0.25) is 5.15 Å². The summed E-state index contributed by atoms with van der Waals surface area (Å²) in [6.07, 6.45) is 0.0750. The fourth-order valence-corrected chi connectivity index (χ4v) is 1.79. The number of aromatic nitrogens is 1. The van der Waals surface area contributed by atoms with Crippen LogP contribution in [0.3, 0.4) is 0 Å². The van der Waals surface area contributed by atoms with Gasteiger partial charge in [-0.25, -0.2) is 14.6 Å². The molecule has 1 amide bonds. The molecule has 0 atom stereocenters. The predicted molar refractivity (Wildman–Crippen MR) is 80.1 cm³/mol. The van der Waals surface area contributed by atoms with Crippen LogP contribution < -0.4 is 4.90 Å². The highest BCUT2D eigenvalue weighted by molar-refractivity contribution is 6.29. The normalized spacial score (nSPS) is 11.1. The van der Waals surface area contributed by atoms with Crippen LogP contribution >= 0.6 is 11.6 Å². The number of rotatable bonds is 4. The minimum Gasteiger partial charge on any atom is -0.478 e. The van der Waals surface area contributed by atoms with E-state index in [-0.39, 0.29) is 16.5 Å². The standard InChI is InChI=1S/C14H19ClN2O4/c1-5-6-17(13(20)21-14(2,3)4)11-8-9(12(18)19)7-10(15)16-11/h7-8H,5-6H2,1-4H3,(H,18,19). The van der Waals surface area contributed by atoms with E-state index in [0.717, 1.165) is 0 Å². The molecule has 0 bridgehead atoms. The first-order chi connectivity index (χ1) is 9.64. The van der Waals surface area contributed by atoms with Crippen molar-refractivity contribution in [3.63, 3.8) is 0 Å². The maximum atomic E-state index is 12.2. The summed E-state index contributed by atoms with van der Waals surface area (Å²) in [7, 11) is 0. The third-order valence-electron chi connectivity index (χ3n) is 2.37. The molecule has 6 nitrogen and oxygen atoms in total. The van der Waals surface area contributed by atoms with E-state index in [9.17, 15) is 9.59 Å². The number of anilines is 1. The van der Waals surface area contributed by atoms with E-state index in [4.69, 9.17) is 21.4 Å². The molecule has 1 aromatic rings. The number of nitrogens with zero attached hydrogens (tertiary/aromatic N) is 2. The van der Waals surface area contributed by atoms with Crippen molar-refractivity contribution in [1.29, 1.82) is 0 Å². The van der Waals surface area contributed by atoms with Crippen LogP contribution in [0.5, 0.6) is 0 Å². The van der Waals surface area contributed by atoms with E-state index < -0.39 is 17.7 Å². The number of ether oxygens (including phenoxy) is 1. The van der Waals surface area contributed by atoms with Crippen LogP contribution in [0.15, 0.2) is 12.1 Å². The van der Waals surface area contributed by atoms with E-state index in [0.29, 0.717) is 13.0 Å². The molecule has 0 saturated carbocycles. The van der Waals surface area contributed by atoms with Crippen LogP contribution in [0.4, 0.5) is 10.6 Å². The molecule has 0 aliphatic carbocycles. The fourth-order valence-electron chi connectivity index (χ4n) is 1.58. The molecular weight excluding hydrogens is 296 g/mol. The highest BCUT2D eigenvalue weighted by Gasteiger charge is 2.24. The summed E-state index contributed by atoms with van der Waals surface area (Å²) in [5, 5.41) is 9.06. The van der Waals surface area contributed by atoms with Crippen LogP contribution in [-0.2, 0) is 4.74 Å². The average Bonchev–Trinajstić information content (AvgIpc) is 2.32. The summed E-state index contributed by atoms with van der Waals surface area (Å²) in [6.45, 7) is 7.50. The maximum absolute atomic E-state index is 12.2. The lowest BCUT2D eigenvalue weighted by Crippen LogP contribution is -2.38. The summed E-state index contributed by atoms with van der Waals surface area (Å²) in [5.74, 6) is -0.975. The highest BCUT2D eigenvalue weighted by atomic mass is 35.5. The molecule has 0 fully saturated rings. The van der Waals surface area contributed by atoms with E-state index in [1.54, 1.807) is 20.8 Å². The Labute approximate surface area is 128 Å². The minimum absolute atomic E-state index is 0.00885. The first kappa shape index (κ1) is 17.2. The fraction of sp³-hybridized carbons (Fsp3) is 0.500. The van der Waals surface area contributed by atoms with Gasteiger partial charge in [-0.2, -0.15) is 0 Å². The molecule has 0 aromatic carbocycles. The second kappa shape index (κ2) is 6.76. The van der Waals surface area contributed by atoms with Crippen LogP contribution in [0.1, 0.15) is 44.5 Å². The summed E-state index contributed by atoms with van der Waals surface area (Å²) in [4.78, 5) is 28.6. The monoisotopic (exact) mass is 314 g/mol. The molecule has 1 rings (SSSR count). The van der Waals surface area contributed by atoms with Gasteiger partial charge in [-0.15, -0.1) is 0 Å². The van der Waals surface area contributed by atoms with Crippen LogP contribution in [0.25, 0.3) is 0 Å². The number of carboxylic acid groups (broad SMARTS) is 1. The van der Waals surface area contributed by atoms with E-state index in [1.165, 1.54) is 17.0 Å². The van der Waals surface area contributed by atoms with Crippen molar-refractivity contribution in [3.05, 3.63) is 22.8 Å². The van der Waals surface area contributed by atoms with Gasteiger partial charge in [-0.05, 0) is 39.3 Å². The van der Waals surface area contributed by atoms with Crippen molar-refractivity contribution in [3.8, 4) is 0 Å². The molecule has 0 aliphatic heterocycles. The lowest BCUT2D eigenvalue weighted by molar-refractivity contribution is 0.0577. The third kappa shape index (κ3) is 5.23. The lowest BCUT2D eigenvalue weighted by atomic mass is 10.2. The van der Waals surface area contributed by atoms with Gasteiger partial charge in [-0.1, -0.05) is 18.5 Å². The van der Waals surface area contributed by atoms with Crippen LogP contribution in [0, 0.1) is 0 Å². The Morgan fingerprint density at radius 3 is 2.48 bits per heavy atom. The van der Waals surface area contributed by atoms with E-state index in [1.807, 2.05) is 6.92 Å². The van der Waals surface area contributed by atoms with Gasteiger partial charge in [0.25, 0.3) is 0 Å². The number of carboxylic acids is 1. The Hall–Kier alpha value is -1.82. The average molecular weight is 315 g/mol. The zero-order valence-electron chi connectivity index (χ0n) is 12.5. The molecule has 116 valence electrons. The first-order valence-corrected chi connectivity index (χ1v) is 6.93. The summed E-state index contributed by atoms with van der Waals surface area (Å²) < 4.78 is 5.30. The Balaban J connectivity index is 3.16. The zero-order chi connectivity index (χ0) is 16.2. The van der Waals surface area contributed by atoms with Gasteiger partial charge in [0.1, 0.15) is 16.6 Å². The Morgan fingerprint density at radius 1 is 1.38 bits per heavy atom. The summed E-state index contributed by atoms with van der Waals surface area (Å²) in [6, 6.07) is 2.53. The topological polar surface area (TPSA) is 79.7 Å². The Morgan fingerprint density at radius 2 is 2.00 bits per heavy atom. The third-order valence-corrected chi connectivity index (χ3v) is 2.56. The number of hydrogen-bond donors (Lipinski definition) is 1. The molecule has 7 heteroatoms. The predicted octanol–water partition coefficient (Wildman–Crippen LogP) is 3.58. The number of amides is 1. The first-order valence-electron chi connectivity index (χ1n) is 6.55. The van der Waals surface area contributed by atoms with Gasteiger partial charge in [-0.3, -0.25) is 4.90 Å². The van der Waals surface area contributed by atoms with Crippen molar-refractivity contribution in [2.45, 2.75) is 39.7 Å². The van der Waals surface area contributed by atoms with Gasteiger partial charge in [0.05, 0.1) is 5.56 Å². The van der Waals surface area contributed by atoms with Gasteiger partial charge in [0.15, 0.2) is 0 Å². The lowest BCUT2D eigenvalue weighted by Gasteiger charge is -2.26. The SMILES string of the molecule is CCCN(C(=O)OC(C)(C)C)c1cc(C(=O)O)cc(Cl)n1. The Bertz CT molecular complexity index is 540. The van der Waals surface area contributed by atoms with E-state index >= 15 is 0 Å². The smallest absolute Gasteiger partial charge is 0.416 e. The van der Waals surface area contributed by atoms with Gasteiger partial charge in [0.2, 0.25) is 0 Å². The number of hydrogen-bond acceptors (Lipinski definition) is 4. The van der Waals surface area contributed by atoms with Crippen LogP contribution in [-0.4, -0.2) is 34.3 Å². The van der Waals surface area contributed by atoms with Crippen molar-refractivity contribution in [2.75, 3.05) is 11.4 Å². The minimum atomic E-state index is -1.14. The number of halogens is 1. The number of pyridine rings is 1. The number of aromatic carboxylic acids is 1. The summed E-state index contributed by atoms with van der Waals surface area (Å²) >= 11 is 5.82. The number of carbonyl (C=O) groups is 2. The van der Waals surface area contributed by atoms with Crippen molar-refractivity contribution >= 4 is 29.5 Å². The molecule has 0 spiro atoms. The quantitative estimate of drug-likeness (QED) is 0.859. The highest BCUT2D eigenvalue weighted by Crippen LogP contribution is 2.21. The maximum Gasteiger partial charge on any atom is 0.416 e. The largest absolute Gasteiger partial charge is 0.478 e. The van der Waals surface area contributed by atoms with E-state index in [2.05, 4.69) is 4.98 Å². The Kier molecular flexibility index (Phi) is 5.54. The van der Waals surface area contributed by atoms with Gasteiger partial charge < -0.3 is 9.84 Å². The molecule has 1 aromatic heterocycles. The second-order valence-corrected chi connectivity index (χ2v) is 5.86. The van der Waals surface area contributed by atoms with Crippen molar-refractivity contribution < 1.29 is 19.4 Å². The van der Waals surface area contributed by atoms with Gasteiger partial charge >= 0.3 is 12.1 Å².